The van der Waals surface area contributed by atoms with E-state index in [0.29, 0.717) is 35.6 Å². The highest BCUT2D eigenvalue weighted by molar-refractivity contribution is 6.22. The summed E-state index contributed by atoms with van der Waals surface area (Å²) in [6.45, 7) is 3.01. The number of ketones is 1. The van der Waals surface area contributed by atoms with Gasteiger partial charge in [0.05, 0.1) is 25.1 Å². The zero-order chi connectivity index (χ0) is 19.8. The summed E-state index contributed by atoms with van der Waals surface area (Å²) in [4.78, 5) is 32.0. The van der Waals surface area contributed by atoms with Crippen LogP contribution in [0.15, 0.2) is 60.8 Å². The van der Waals surface area contributed by atoms with Crippen LogP contribution in [0.2, 0.25) is 0 Å². The second kappa shape index (κ2) is 7.14. The van der Waals surface area contributed by atoms with E-state index in [9.17, 15) is 9.59 Å². The van der Waals surface area contributed by atoms with Crippen molar-refractivity contribution in [2.24, 2.45) is 0 Å². The van der Waals surface area contributed by atoms with Gasteiger partial charge in [-0.3, -0.25) is 9.59 Å². The fraction of sp³-hybridized carbons (Fsp3) is 0.174. The Balaban J connectivity index is 1.34. The summed E-state index contributed by atoms with van der Waals surface area (Å²) < 4.78 is 5.36. The lowest BCUT2D eigenvalue weighted by atomic mass is 10.0. The van der Waals surface area contributed by atoms with Gasteiger partial charge in [-0.05, 0) is 35.4 Å². The first-order chi connectivity index (χ1) is 14.2. The number of hydrogen-bond donors (Lipinski definition) is 1. The van der Waals surface area contributed by atoms with Crippen LogP contribution in [0.5, 0.6) is 0 Å². The second-order valence-electron chi connectivity index (χ2n) is 7.09. The molecule has 2 heterocycles. The van der Waals surface area contributed by atoms with Gasteiger partial charge in [-0.15, -0.1) is 0 Å². The second-order valence-corrected chi connectivity index (χ2v) is 7.09. The number of anilines is 2. The molecule has 5 rings (SSSR count). The first-order valence-corrected chi connectivity index (χ1v) is 9.59. The Morgan fingerprint density at radius 3 is 2.45 bits per heavy atom. The van der Waals surface area contributed by atoms with Crippen molar-refractivity contribution in [3.63, 3.8) is 0 Å². The summed E-state index contributed by atoms with van der Waals surface area (Å²) in [6.07, 6.45) is 1.65. The Morgan fingerprint density at radius 2 is 1.69 bits per heavy atom. The van der Waals surface area contributed by atoms with Crippen molar-refractivity contribution in [1.82, 2.24) is 4.98 Å². The molecule has 1 amide bonds. The summed E-state index contributed by atoms with van der Waals surface area (Å²) in [5.74, 6) is 0.562. The number of carbonyl (C=O) groups is 2. The number of rotatable bonds is 3. The Kier molecular flexibility index (Phi) is 4.33. The van der Waals surface area contributed by atoms with E-state index in [4.69, 9.17) is 4.74 Å². The van der Waals surface area contributed by atoms with E-state index in [1.54, 1.807) is 18.3 Å². The monoisotopic (exact) mass is 385 g/mol. The van der Waals surface area contributed by atoms with Gasteiger partial charge in [-0.25, -0.2) is 4.98 Å². The van der Waals surface area contributed by atoms with Crippen LogP contribution in [0, 0.1) is 0 Å². The van der Waals surface area contributed by atoms with Gasteiger partial charge in [-0.2, -0.15) is 0 Å². The molecular weight excluding hydrogens is 366 g/mol. The van der Waals surface area contributed by atoms with E-state index >= 15 is 0 Å². The predicted octanol–water partition coefficient (Wildman–Crippen LogP) is 3.38. The predicted molar refractivity (Wildman–Crippen MR) is 111 cm³/mol. The van der Waals surface area contributed by atoms with Gasteiger partial charge in [0.1, 0.15) is 5.82 Å². The smallest absolute Gasteiger partial charge is 0.255 e. The number of nitrogens with one attached hydrogen (secondary N) is 1. The molecule has 0 radical (unpaired) electrons. The molecule has 6 nitrogen and oxygen atoms in total. The van der Waals surface area contributed by atoms with Crippen molar-refractivity contribution >= 4 is 23.2 Å². The summed E-state index contributed by atoms with van der Waals surface area (Å²) in [5.41, 5.74) is 4.10. The Morgan fingerprint density at radius 1 is 0.931 bits per heavy atom. The highest BCUT2D eigenvalue weighted by atomic mass is 16.5. The minimum atomic E-state index is -0.266. The van der Waals surface area contributed by atoms with Gasteiger partial charge < -0.3 is 15.0 Å². The third-order valence-electron chi connectivity index (χ3n) is 5.33. The number of nitrogens with zero attached hydrogens (tertiary/aromatic N) is 2. The molecule has 0 bridgehead atoms. The number of amides is 1. The topological polar surface area (TPSA) is 71.5 Å². The molecule has 1 aliphatic heterocycles. The maximum atomic E-state index is 12.7. The molecular formula is C23H19N3O3. The van der Waals surface area contributed by atoms with E-state index in [1.165, 1.54) is 0 Å². The first-order valence-electron chi connectivity index (χ1n) is 9.59. The van der Waals surface area contributed by atoms with Crippen molar-refractivity contribution in [2.75, 3.05) is 36.5 Å². The summed E-state index contributed by atoms with van der Waals surface area (Å²) in [5, 5.41) is 2.86. The minimum absolute atomic E-state index is 0.0400. The molecule has 0 spiro atoms. The molecule has 2 aliphatic rings. The Bertz CT molecular complexity index is 1100. The van der Waals surface area contributed by atoms with E-state index in [2.05, 4.69) is 15.2 Å². The quantitative estimate of drug-likeness (QED) is 0.585. The number of ether oxygens (including phenoxy) is 1. The van der Waals surface area contributed by atoms with Crippen LogP contribution in [0.4, 0.5) is 11.5 Å². The molecule has 144 valence electrons. The number of carbonyl (C=O) groups excluding carboxylic acids is 2. The number of aromatic nitrogens is 1. The molecule has 1 aliphatic carbocycles. The molecule has 2 aromatic carbocycles. The lowest BCUT2D eigenvalue weighted by Gasteiger charge is -2.27. The molecule has 1 N–H and O–H groups in total. The van der Waals surface area contributed by atoms with Crippen LogP contribution in [-0.4, -0.2) is 43.0 Å². The lowest BCUT2D eigenvalue weighted by Crippen LogP contribution is -2.36. The normalized spacial score (nSPS) is 15.0. The van der Waals surface area contributed by atoms with Gasteiger partial charge in [0.15, 0.2) is 5.78 Å². The van der Waals surface area contributed by atoms with Crippen molar-refractivity contribution in [1.29, 1.82) is 0 Å². The Hall–Kier alpha value is -3.51. The standard InChI is InChI=1S/C23H19N3O3/c27-22-19-4-2-1-3-17(19)18-7-5-15(13-20(18)22)23(28)25-16-6-8-21(24-14-16)26-9-11-29-12-10-26/h1-8,13-14H,9-12H2,(H,25,28). The summed E-state index contributed by atoms with van der Waals surface area (Å²) >= 11 is 0. The van der Waals surface area contributed by atoms with Gasteiger partial charge in [-0.1, -0.05) is 30.3 Å². The molecule has 0 unspecified atom stereocenters. The van der Waals surface area contributed by atoms with Crippen molar-refractivity contribution < 1.29 is 14.3 Å². The minimum Gasteiger partial charge on any atom is -0.378 e. The number of pyridine rings is 1. The van der Waals surface area contributed by atoms with Gasteiger partial charge in [0.2, 0.25) is 0 Å². The third kappa shape index (κ3) is 3.17. The fourth-order valence-electron chi connectivity index (χ4n) is 3.81. The van der Waals surface area contributed by atoms with Crippen LogP contribution >= 0.6 is 0 Å². The zero-order valence-corrected chi connectivity index (χ0v) is 15.7. The van der Waals surface area contributed by atoms with Crippen molar-refractivity contribution in [3.8, 4) is 11.1 Å². The molecule has 0 atom stereocenters. The maximum absolute atomic E-state index is 12.7. The van der Waals surface area contributed by atoms with Crippen molar-refractivity contribution in [2.45, 2.75) is 0 Å². The maximum Gasteiger partial charge on any atom is 0.255 e. The average molecular weight is 385 g/mol. The average Bonchev–Trinajstić information content (AvgIpc) is 3.07. The van der Waals surface area contributed by atoms with Gasteiger partial charge in [0, 0.05) is 29.8 Å². The molecule has 3 aromatic rings. The Labute approximate surface area is 168 Å². The number of hydrogen-bond acceptors (Lipinski definition) is 5. The first kappa shape index (κ1) is 17.6. The molecule has 6 heteroatoms. The van der Waals surface area contributed by atoms with Crippen LogP contribution in [0.25, 0.3) is 11.1 Å². The highest BCUT2D eigenvalue weighted by Crippen LogP contribution is 2.36. The molecule has 1 fully saturated rings. The number of benzene rings is 2. The lowest BCUT2D eigenvalue weighted by molar-refractivity contribution is 0.102. The van der Waals surface area contributed by atoms with Gasteiger partial charge >= 0.3 is 0 Å². The summed E-state index contributed by atoms with van der Waals surface area (Å²) in [6, 6.07) is 16.5. The van der Waals surface area contributed by atoms with Gasteiger partial charge in [0.25, 0.3) is 5.91 Å². The van der Waals surface area contributed by atoms with Crippen LogP contribution in [0.3, 0.4) is 0 Å². The van der Waals surface area contributed by atoms with E-state index in [0.717, 1.165) is 30.0 Å². The summed E-state index contributed by atoms with van der Waals surface area (Å²) in [7, 11) is 0. The third-order valence-corrected chi connectivity index (χ3v) is 5.33. The van der Waals surface area contributed by atoms with E-state index in [1.807, 2.05) is 42.5 Å². The largest absolute Gasteiger partial charge is 0.378 e. The van der Waals surface area contributed by atoms with Crippen molar-refractivity contribution in [3.05, 3.63) is 77.5 Å². The fourth-order valence-corrected chi connectivity index (χ4v) is 3.81. The van der Waals surface area contributed by atoms with Crippen LogP contribution < -0.4 is 10.2 Å². The molecule has 1 saturated heterocycles. The number of fused-ring (bicyclic) bond motifs is 3. The molecule has 29 heavy (non-hydrogen) atoms. The van der Waals surface area contributed by atoms with E-state index in [-0.39, 0.29) is 11.7 Å². The highest BCUT2D eigenvalue weighted by Gasteiger charge is 2.27. The zero-order valence-electron chi connectivity index (χ0n) is 15.7. The SMILES string of the molecule is O=C(Nc1ccc(N2CCOCC2)nc1)c1ccc2c(c1)C(=O)c1ccccc1-2. The van der Waals surface area contributed by atoms with E-state index < -0.39 is 0 Å². The number of morpholine rings is 1. The van der Waals surface area contributed by atoms with Crippen LogP contribution in [0.1, 0.15) is 26.3 Å². The molecule has 0 saturated carbocycles. The molecule has 1 aromatic heterocycles. The van der Waals surface area contributed by atoms with Crippen LogP contribution in [-0.2, 0) is 4.74 Å².